The summed E-state index contributed by atoms with van der Waals surface area (Å²) >= 11 is 0. The Morgan fingerprint density at radius 2 is 1.54 bits per heavy atom. The fourth-order valence-electron chi connectivity index (χ4n) is 11.6. The van der Waals surface area contributed by atoms with E-state index in [1.807, 2.05) is 0 Å². The van der Waals surface area contributed by atoms with Crippen molar-refractivity contribution < 1.29 is 9.53 Å². The van der Waals surface area contributed by atoms with Gasteiger partial charge in [0.25, 0.3) is 0 Å². The van der Waals surface area contributed by atoms with E-state index in [-0.39, 0.29) is 17.5 Å². The van der Waals surface area contributed by atoms with Gasteiger partial charge in [-0.25, -0.2) is 0 Å². The second-order valence-corrected chi connectivity index (χ2v) is 15.4. The van der Waals surface area contributed by atoms with Crippen LogP contribution in [0.5, 0.6) is 0 Å². The molecule has 5 aliphatic rings. The van der Waals surface area contributed by atoms with Gasteiger partial charge in [-0.05, 0) is 122 Å². The molecule has 0 aliphatic heterocycles. The molecule has 0 amide bonds. The third-order valence-corrected chi connectivity index (χ3v) is 13.8. The number of esters is 1. The number of fused-ring (bicyclic) bond motifs is 2. The summed E-state index contributed by atoms with van der Waals surface area (Å²) in [4.78, 5) is 11.9. The molecule has 0 radical (unpaired) electrons. The lowest BCUT2D eigenvalue weighted by molar-refractivity contribution is -0.181. The predicted molar refractivity (Wildman–Crippen MR) is 145 cm³/mol. The average Bonchev–Trinajstić information content (AvgIpc) is 3.36. The highest BCUT2D eigenvalue weighted by atomic mass is 16.5. The quantitative estimate of drug-likeness (QED) is 0.279. The van der Waals surface area contributed by atoms with Crippen LogP contribution in [0.4, 0.5) is 0 Å². The molecule has 5 saturated carbocycles. The highest BCUT2D eigenvalue weighted by Crippen LogP contribution is 2.89. The summed E-state index contributed by atoms with van der Waals surface area (Å²) < 4.78 is 5.91. The fraction of sp³-hybridized carbons (Fsp3) is 0.909. The van der Waals surface area contributed by atoms with Crippen molar-refractivity contribution in [2.45, 2.75) is 132 Å². The molecule has 0 N–H and O–H groups in total. The fourth-order valence-corrected chi connectivity index (χ4v) is 11.6. The number of allylic oxidation sites excluding steroid dienone is 1. The Morgan fingerprint density at radius 1 is 0.886 bits per heavy atom. The normalized spacial score (nSPS) is 48.3. The Hall–Kier alpha value is -0.790. The zero-order chi connectivity index (χ0) is 25.6. The van der Waals surface area contributed by atoms with Crippen molar-refractivity contribution in [1.29, 1.82) is 0 Å². The molecule has 2 nitrogen and oxygen atoms in total. The molecule has 35 heavy (non-hydrogen) atoms. The minimum Gasteiger partial charge on any atom is -0.462 e. The van der Waals surface area contributed by atoms with Crippen LogP contribution in [0.1, 0.15) is 126 Å². The summed E-state index contributed by atoms with van der Waals surface area (Å²) in [6.07, 6.45) is 15.0. The maximum absolute atomic E-state index is 11.9. The van der Waals surface area contributed by atoms with E-state index in [9.17, 15) is 4.79 Å². The lowest BCUT2D eigenvalue weighted by Gasteiger charge is -2.63. The van der Waals surface area contributed by atoms with Gasteiger partial charge in [0, 0.05) is 12.3 Å². The number of hydrogen-bond donors (Lipinski definition) is 0. The van der Waals surface area contributed by atoms with Crippen molar-refractivity contribution in [3.8, 4) is 0 Å². The Kier molecular flexibility index (Phi) is 5.98. The molecule has 5 rings (SSSR count). The first-order valence-corrected chi connectivity index (χ1v) is 15.1. The third kappa shape index (κ3) is 3.35. The van der Waals surface area contributed by atoms with E-state index >= 15 is 0 Å². The SMILES string of the molecule is C=C(CC[C@@H](C)[C@H]1CC[C@@]2(C)[C@@H]3CCC4C(C)(C)[C@@H](OC(C)=O)CC[C@@]45CC35CC[C@]12C)C(C)C. The molecular formula is C33H54O2. The van der Waals surface area contributed by atoms with Crippen molar-refractivity contribution in [1.82, 2.24) is 0 Å². The summed E-state index contributed by atoms with van der Waals surface area (Å²) in [5, 5.41) is 0. The van der Waals surface area contributed by atoms with Crippen molar-refractivity contribution in [2.24, 2.45) is 56.7 Å². The molecule has 2 unspecified atom stereocenters. The van der Waals surface area contributed by atoms with Gasteiger partial charge in [-0.15, -0.1) is 0 Å². The number of hydrogen-bond acceptors (Lipinski definition) is 2. The number of ether oxygens (including phenoxy) is 1. The van der Waals surface area contributed by atoms with E-state index in [1.165, 1.54) is 69.8 Å². The Bertz CT molecular complexity index is 886. The number of carbonyl (C=O) groups is 1. The monoisotopic (exact) mass is 482 g/mol. The molecule has 0 heterocycles. The predicted octanol–water partition coefficient (Wildman–Crippen LogP) is 8.99. The van der Waals surface area contributed by atoms with E-state index < -0.39 is 0 Å². The largest absolute Gasteiger partial charge is 0.462 e. The first-order valence-electron chi connectivity index (χ1n) is 15.1. The van der Waals surface area contributed by atoms with Gasteiger partial charge >= 0.3 is 5.97 Å². The standard InChI is InChI=1S/C33H54O2/c1-21(2)22(3)10-11-23(4)25-14-16-31(9)27-13-12-26-29(6,7)28(35-24(5)34)15-17-32(26)20-33(27,32)19-18-30(25,31)8/h21,23,25-28H,3,10-20H2,1-2,4-9H3/t23-,25-,26?,27+,28+,30-,31+,32-,33?/m1/s1. The van der Waals surface area contributed by atoms with E-state index in [0.717, 1.165) is 30.1 Å². The van der Waals surface area contributed by atoms with Gasteiger partial charge in [0.15, 0.2) is 0 Å². The van der Waals surface area contributed by atoms with E-state index in [2.05, 4.69) is 55.0 Å². The smallest absolute Gasteiger partial charge is 0.302 e. The molecular weight excluding hydrogens is 428 g/mol. The van der Waals surface area contributed by atoms with Crippen molar-refractivity contribution >= 4 is 5.97 Å². The van der Waals surface area contributed by atoms with Gasteiger partial charge in [0.1, 0.15) is 6.10 Å². The minimum absolute atomic E-state index is 0.0951. The van der Waals surface area contributed by atoms with Crippen molar-refractivity contribution in [3.63, 3.8) is 0 Å². The number of carbonyl (C=O) groups excluding carboxylic acids is 1. The van der Waals surface area contributed by atoms with Crippen LogP contribution in [0.15, 0.2) is 12.2 Å². The lowest BCUT2D eigenvalue weighted by Crippen LogP contribution is -2.58. The maximum atomic E-state index is 11.9. The van der Waals surface area contributed by atoms with Gasteiger partial charge in [0.2, 0.25) is 0 Å². The van der Waals surface area contributed by atoms with Crippen LogP contribution in [-0.2, 0) is 9.53 Å². The molecule has 5 aliphatic carbocycles. The van der Waals surface area contributed by atoms with Crippen LogP contribution in [0, 0.1) is 56.7 Å². The zero-order valence-electron chi connectivity index (χ0n) is 24.3. The second-order valence-electron chi connectivity index (χ2n) is 15.4. The highest BCUT2D eigenvalue weighted by Gasteiger charge is 2.82. The van der Waals surface area contributed by atoms with Crippen LogP contribution in [0.2, 0.25) is 0 Å². The van der Waals surface area contributed by atoms with Gasteiger partial charge in [-0.1, -0.05) is 60.6 Å². The summed E-state index contributed by atoms with van der Waals surface area (Å²) in [6, 6.07) is 0. The Labute approximate surface area is 216 Å². The third-order valence-electron chi connectivity index (χ3n) is 13.8. The highest BCUT2D eigenvalue weighted by molar-refractivity contribution is 5.66. The van der Waals surface area contributed by atoms with Gasteiger partial charge < -0.3 is 4.74 Å². The molecule has 0 bridgehead atoms. The molecule has 0 aromatic carbocycles. The molecule has 9 atom stereocenters. The van der Waals surface area contributed by atoms with Gasteiger partial charge in [-0.3, -0.25) is 4.79 Å². The van der Waals surface area contributed by atoms with Gasteiger partial charge in [-0.2, -0.15) is 0 Å². The van der Waals surface area contributed by atoms with Crippen molar-refractivity contribution in [2.75, 3.05) is 0 Å². The van der Waals surface area contributed by atoms with Crippen molar-refractivity contribution in [3.05, 3.63) is 12.2 Å². The summed E-state index contributed by atoms with van der Waals surface area (Å²) in [7, 11) is 0. The second kappa shape index (κ2) is 8.10. The van der Waals surface area contributed by atoms with Crippen LogP contribution in [-0.4, -0.2) is 12.1 Å². The summed E-state index contributed by atoms with van der Waals surface area (Å²) in [6.45, 7) is 23.4. The van der Waals surface area contributed by atoms with Crippen LogP contribution in [0.3, 0.4) is 0 Å². The average molecular weight is 483 g/mol. The molecule has 2 spiro atoms. The van der Waals surface area contributed by atoms with E-state index in [1.54, 1.807) is 6.92 Å². The molecule has 5 fully saturated rings. The van der Waals surface area contributed by atoms with Crippen LogP contribution < -0.4 is 0 Å². The Balaban J connectivity index is 1.37. The molecule has 0 aromatic rings. The molecule has 0 saturated heterocycles. The van der Waals surface area contributed by atoms with E-state index in [4.69, 9.17) is 4.74 Å². The zero-order valence-corrected chi connectivity index (χ0v) is 24.3. The first kappa shape index (κ1) is 25.8. The van der Waals surface area contributed by atoms with E-state index in [0.29, 0.717) is 27.6 Å². The first-order chi connectivity index (χ1) is 16.3. The Morgan fingerprint density at radius 3 is 2.20 bits per heavy atom. The van der Waals surface area contributed by atoms with Crippen LogP contribution >= 0.6 is 0 Å². The molecule has 198 valence electrons. The maximum Gasteiger partial charge on any atom is 0.302 e. The summed E-state index contributed by atoms with van der Waals surface area (Å²) in [5.74, 6) is 3.80. The van der Waals surface area contributed by atoms with Crippen LogP contribution in [0.25, 0.3) is 0 Å². The summed E-state index contributed by atoms with van der Waals surface area (Å²) in [5.41, 5.74) is 3.63. The minimum atomic E-state index is -0.0951. The van der Waals surface area contributed by atoms with Gasteiger partial charge in [0.05, 0.1) is 0 Å². The topological polar surface area (TPSA) is 26.3 Å². The molecule has 0 aromatic heterocycles. The molecule has 2 heteroatoms. The number of rotatable bonds is 6. The lowest BCUT2D eigenvalue weighted by atomic mass is 9.41.